The van der Waals surface area contributed by atoms with Gasteiger partial charge < -0.3 is 10.3 Å². The van der Waals surface area contributed by atoms with E-state index < -0.39 is 0 Å². The zero-order valence-corrected chi connectivity index (χ0v) is 13.9. The Labute approximate surface area is 138 Å². The number of benzene rings is 1. The molecule has 0 radical (unpaired) electrons. The molecule has 2 N–H and O–H groups in total. The van der Waals surface area contributed by atoms with Crippen molar-refractivity contribution < 1.29 is 4.79 Å². The van der Waals surface area contributed by atoms with E-state index in [0.29, 0.717) is 11.1 Å². The van der Waals surface area contributed by atoms with Crippen molar-refractivity contribution in [3.8, 4) is 0 Å². The van der Waals surface area contributed by atoms with Crippen molar-refractivity contribution in [2.24, 2.45) is 0 Å². The molecule has 0 bridgehead atoms. The van der Waals surface area contributed by atoms with Crippen LogP contribution < -0.4 is 10.9 Å². The van der Waals surface area contributed by atoms with Gasteiger partial charge in [0.25, 0.3) is 5.56 Å². The van der Waals surface area contributed by atoms with E-state index in [1.54, 1.807) is 30.1 Å². The van der Waals surface area contributed by atoms with Gasteiger partial charge in [0.1, 0.15) is 6.04 Å². The SMILES string of the molecule is CN(C)[C@@H](C(=O)Nc1ccc2c(=O)[nH]ccc2c1)C1=CSCC1. The van der Waals surface area contributed by atoms with E-state index in [2.05, 4.69) is 15.7 Å². The number of likely N-dealkylation sites (N-methyl/N-ethyl adjacent to an activating group) is 1. The number of hydrogen-bond acceptors (Lipinski definition) is 4. The van der Waals surface area contributed by atoms with Crippen molar-refractivity contribution in [1.82, 2.24) is 9.88 Å². The lowest BCUT2D eigenvalue weighted by Crippen LogP contribution is -2.40. The summed E-state index contributed by atoms with van der Waals surface area (Å²) in [5.74, 6) is 0.985. The molecule has 1 aliphatic rings. The molecular weight excluding hydrogens is 310 g/mol. The van der Waals surface area contributed by atoms with Gasteiger partial charge in [-0.15, -0.1) is 11.8 Å². The van der Waals surface area contributed by atoms with E-state index in [4.69, 9.17) is 0 Å². The number of carbonyl (C=O) groups is 1. The maximum Gasteiger partial charge on any atom is 0.255 e. The standard InChI is InChI=1S/C17H19N3O2S/c1-20(2)15(12-6-8-23-10-12)17(22)19-13-3-4-14-11(9-13)5-7-18-16(14)21/h3-5,7,9-10,15H,6,8H2,1-2H3,(H,18,21)(H,19,22)/t15-/m1/s1. The fraction of sp³-hybridized carbons (Fsp3) is 0.294. The quantitative estimate of drug-likeness (QED) is 0.904. The van der Waals surface area contributed by atoms with Crippen molar-refractivity contribution in [3.63, 3.8) is 0 Å². The van der Waals surface area contributed by atoms with Crippen LogP contribution >= 0.6 is 11.8 Å². The third-order valence-corrected chi connectivity index (χ3v) is 4.81. The summed E-state index contributed by atoms with van der Waals surface area (Å²) in [6.07, 6.45) is 2.55. The highest BCUT2D eigenvalue weighted by atomic mass is 32.2. The second-order valence-corrected chi connectivity index (χ2v) is 6.76. The number of fused-ring (bicyclic) bond motifs is 1. The summed E-state index contributed by atoms with van der Waals surface area (Å²) < 4.78 is 0. The molecule has 0 spiro atoms. The topological polar surface area (TPSA) is 65.2 Å². The highest BCUT2D eigenvalue weighted by Gasteiger charge is 2.26. The van der Waals surface area contributed by atoms with Gasteiger partial charge in [0.15, 0.2) is 0 Å². The summed E-state index contributed by atoms with van der Waals surface area (Å²) in [5, 5.41) is 6.48. The van der Waals surface area contributed by atoms with Crippen LogP contribution in [0.25, 0.3) is 10.8 Å². The molecule has 3 rings (SSSR count). The van der Waals surface area contributed by atoms with E-state index >= 15 is 0 Å². The predicted molar refractivity (Wildman–Crippen MR) is 95.8 cm³/mol. The molecule has 0 aliphatic carbocycles. The second-order valence-electron chi connectivity index (χ2n) is 5.78. The first kappa shape index (κ1) is 15.8. The third-order valence-electron chi connectivity index (χ3n) is 3.90. The Morgan fingerprint density at radius 2 is 2.17 bits per heavy atom. The zero-order chi connectivity index (χ0) is 16.4. The summed E-state index contributed by atoms with van der Waals surface area (Å²) in [4.78, 5) is 29.0. The van der Waals surface area contributed by atoms with Gasteiger partial charge in [0.2, 0.25) is 5.91 Å². The lowest BCUT2D eigenvalue weighted by atomic mass is 10.0. The minimum absolute atomic E-state index is 0.0482. The number of amides is 1. The molecule has 120 valence electrons. The molecule has 2 heterocycles. The van der Waals surface area contributed by atoms with Gasteiger partial charge in [0.05, 0.1) is 0 Å². The highest BCUT2D eigenvalue weighted by Crippen LogP contribution is 2.27. The molecule has 6 heteroatoms. The molecule has 2 aromatic rings. The van der Waals surface area contributed by atoms with Gasteiger partial charge >= 0.3 is 0 Å². The molecule has 1 aromatic heterocycles. The number of pyridine rings is 1. The number of carbonyl (C=O) groups excluding carboxylic acids is 1. The highest BCUT2D eigenvalue weighted by molar-refractivity contribution is 8.02. The van der Waals surface area contributed by atoms with Gasteiger partial charge in [-0.25, -0.2) is 0 Å². The first-order chi connectivity index (χ1) is 11.1. The molecular formula is C17H19N3O2S. The monoisotopic (exact) mass is 329 g/mol. The minimum Gasteiger partial charge on any atom is -0.329 e. The van der Waals surface area contributed by atoms with Crippen molar-refractivity contribution >= 4 is 34.1 Å². The maximum absolute atomic E-state index is 12.7. The molecule has 0 saturated carbocycles. The first-order valence-electron chi connectivity index (χ1n) is 7.45. The van der Waals surface area contributed by atoms with Gasteiger partial charge in [-0.2, -0.15) is 0 Å². The number of hydrogen-bond donors (Lipinski definition) is 2. The Bertz CT molecular complexity index is 826. The summed E-state index contributed by atoms with van der Waals surface area (Å²) in [6, 6.07) is 6.89. The molecule has 0 saturated heterocycles. The van der Waals surface area contributed by atoms with E-state index in [1.165, 1.54) is 0 Å². The van der Waals surface area contributed by atoms with Crippen LogP contribution in [-0.2, 0) is 4.79 Å². The lowest BCUT2D eigenvalue weighted by Gasteiger charge is -2.24. The number of nitrogens with one attached hydrogen (secondary N) is 2. The maximum atomic E-state index is 12.7. The molecule has 0 unspecified atom stereocenters. The Balaban J connectivity index is 1.85. The molecule has 1 aliphatic heterocycles. The summed E-state index contributed by atoms with van der Waals surface area (Å²) in [5.41, 5.74) is 1.72. The first-order valence-corrected chi connectivity index (χ1v) is 8.50. The van der Waals surface area contributed by atoms with Crippen molar-refractivity contribution in [1.29, 1.82) is 0 Å². The summed E-state index contributed by atoms with van der Waals surface area (Å²) in [7, 11) is 3.82. The predicted octanol–water partition coefficient (Wildman–Crippen LogP) is 2.42. The van der Waals surface area contributed by atoms with Crippen molar-refractivity contribution in [2.75, 3.05) is 25.2 Å². The average molecular weight is 329 g/mol. The zero-order valence-electron chi connectivity index (χ0n) is 13.1. The van der Waals surface area contributed by atoms with Crippen LogP contribution in [0.4, 0.5) is 5.69 Å². The number of rotatable bonds is 4. The molecule has 1 aromatic carbocycles. The molecule has 1 atom stereocenters. The van der Waals surface area contributed by atoms with Gasteiger partial charge in [0, 0.05) is 23.0 Å². The Morgan fingerprint density at radius 3 is 2.87 bits per heavy atom. The molecule has 0 fully saturated rings. The Morgan fingerprint density at radius 1 is 1.35 bits per heavy atom. The molecule has 5 nitrogen and oxygen atoms in total. The van der Waals surface area contributed by atoms with Crippen LogP contribution in [0.3, 0.4) is 0 Å². The van der Waals surface area contributed by atoms with Crippen LogP contribution in [0.1, 0.15) is 6.42 Å². The van der Waals surface area contributed by atoms with E-state index in [1.807, 2.05) is 31.1 Å². The van der Waals surface area contributed by atoms with Crippen LogP contribution in [0.2, 0.25) is 0 Å². The largest absolute Gasteiger partial charge is 0.329 e. The average Bonchev–Trinajstić information content (AvgIpc) is 3.01. The second kappa shape index (κ2) is 6.60. The minimum atomic E-state index is -0.264. The van der Waals surface area contributed by atoms with Crippen LogP contribution in [0, 0.1) is 0 Å². The van der Waals surface area contributed by atoms with E-state index in [0.717, 1.165) is 23.1 Å². The Kier molecular flexibility index (Phi) is 4.54. The van der Waals surface area contributed by atoms with E-state index in [9.17, 15) is 9.59 Å². The van der Waals surface area contributed by atoms with Gasteiger partial charge in [-0.3, -0.25) is 14.5 Å². The van der Waals surface area contributed by atoms with Gasteiger partial charge in [-0.05, 0) is 61.1 Å². The fourth-order valence-corrected chi connectivity index (χ4v) is 3.75. The smallest absolute Gasteiger partial charge is 0.255 e. The van der Waals surface area contributed by atoms with Crippen LogP contribution in [-0.4, -0.2) is 41.7 Å². The number of anilines is 1. The number of nitrogens with zero attached hydrogens (tertiary/aromatic N) is 1. The van der Waals surface area contributed by atoms with Crippen LogP contribution in [0.5, 0.6) is 0 Å². The third kappa shape index (κ3) is 3.33. The van der Waals surface area contributed by atoms with E-state index in [-0.39, 0.29) is 17.5 Å². The number of aromatic amines is 1. The number of thioether (sulfide) groups is 1. The molecule has 23 heavy (non-hydrogen) atoms. The van der Waals surface area contributed by atoms with Crippen molar-refractivity contribution in [2.45, 2.75) is 12.5 Å². The van der Waals surface area contributed by atoms with Crippen molar-refractivity contribution in [3.05, 3.63) is 51.8 Å². The molecule has 1 amide bonds. The van der Waals surface area contributed by atoms with Crippen LogP contribution in [0.15, 0.2) is 46.2 Å². The summed E-state index contributed by atoms with van der Waals surface area (Å²) in [6.45, 7) is 0. The number of aromatic nitrogens is 1. The normalized spacial score (nSPS) is 15.7. The summed E-state index contributed by atoms with van der Waals surface area (Å²) >= 11 is 1.75. The Hall–Kier alpha value is -2.05. The number of H-pyrrole nitrogens is 1. The lowest BCUT2D eigenvalue weighted by molar-refractivity contribution is -0.119. The fourth-order valence-electron chi connectivity index (χ4n) is 2.82. The van der Waals surface area contributed by atoms with Gasteiger partial charge in [-0.1, -0.05) is 0 Å².